The zero-order chi connectivity index (χ0) is 16.8. The van der Waals surface area contributed by atoms with Gasteiger partial charge in [-0.25, -0.2) is 0 Å². The minimum Gasteiger partial charge on any atom is -0.379 e. The zero-order valence-electron chi connectivity index (χ0n) is 14.1. The number of morpholine rings is 1. The van der Waals surface area contributed by atoms with E-state index in [1.807, 2.05) is 13.8 Å². The number of hydrogen-bond acceptors (Lipinski definition) is 5. The monoisotopic (exact) mass is 314 g/mol. The molecule has 1 fully saturated rings. The Balaban J connectivity index is 2.31. The van der Waals surface area contributed by atoms with E-state index in [-0.39, 0.29) is 29.8 Å². The highest BCUT2D eigenvalue weighted by Crippen LogP contribution is 2.14. The van der Waals surface area contributed by atoms with Crippen LogP contribution in [0.25, 0.3) is 0 Å². The molecule has 1 aliphatic heterocycles. The molecule has 0 aromatic rings. The van der Waals surface area contributed by atoms with Crippen LogP contribution >= 0.6 is 0 Å². The Morgan fingerprint density at radius 3 is 2.36 bits per heavy atom. The second-order valence-corrected chi connectivity index (χ2v) is 6.68. The van der Waals surface area contributed by atoms with Gasteiger partial charge in [0.1, 0.15) is 0 Å². The number of amides is 2. The molecule has 2 amide bonds. The molecule has 1 aliphatic rings. The molecule has 7 heteroatoms. The average molecular weight is 314 g/mol. The van der Waals surface area contributed by atoms with Gasteiger partial charge in [-0.2, -0.15) is 0 Å². The molecule has 0 unspecified atom stereocenters. The Labute approximate surface area is 132 Å². The highest BCUT2D eigenvalue weighted by molar-refractivity contribution is 5.87. The molecule has 0 aromatic carbocycles. The maximum absolute atomic E-state index is 11.9. The molecule has 7 nitrogen and oxygen atoms in total. The zero-order valence-corrected chi connectivity index (χ0v) is 14.1. The summed E-state index contributed by atoms with van der Waals surface area (Å²) in [5, 5.41) is 5.44. The molecular formula is C15H30N4O3. The van der Waals surface area contributed by atoms with Gasteiger partial charge in [0.15, 0.2) is 0 Å². The van der Waals surface area contributed by atoms with Gasteiger partial charge in [0.25, 0.3) is 0 Å². The van der Waals surface area contributed by atoms with Crippen molar-refractivity contribution < 1.29 is 14.3 Å². The van der Waals surface area contributed by atoms with E-state index in [9.17, 15) is 9.59 Å². The number of hydrogen-bond donors (Lipinski definition) is 3. The molecular weight excluding hydrogens is 284 g/mol. The first kappa shape index (κ1) is 18.9. The Kier molecular flexibility index (Phi) is 7.25. The molecule has 0 saturated carbocycles. The van der Waals surface area contributed by atoms with Gasteiger partial charge in [0, 0.05) is 25.2 Å². The molecule has 22 heavy (non-hydrogen) atoms. The van der Waals surface area contributed by atoms with E-state index in [0.717, 1.165) is 26.3 Å². The van der Waals surface area contributed by atoms with Crippen molar-refractivity contribution in [2.75, 3.05) is 39.4 Å². The second-order valence-electron chi connectivity index (χ2n) is 6.68. The van der Waals surface area contributed by atoms with Crippen molar-refractivity contribution in [2.24, 2.45) is 11.7 Å². The lowest BCUT2D eigenvalue weighted by molar-refractivity contribution is -0.127. The fourth-order valence-corrected chi connectivity index (χ4v) is 2.25. The number of carbonyl (C=O) groups is 2. The first-order valence-electron chi connectivity index (χ1n) is 7.87. The Morgan fingerprint density at radius 1 is 1.23 bits per heavy atom. The standard InChI is InChI=1S/C15H30N4O3/c1-11(2)13(16)14(21)17-9-12(20)18-10-15(3,4)19-5-7-22-8-6-19/h11,13H,5-10,16H2,1-4H3,(H,17,21)(H,18,20)/t13-/m0/s1. The fraction of sp³-hybridized carbons (Fsp3) is 0.867. The van der Waals surface area contributed by atoms with Crippen LogP contribution in [0.15, 0.2) is 0 Å². The summed E-state index contributed by atoms with van der Waals surface area (Å²) in [6.45, 7) is 11.6. The first-order valence-corrected chi connectivity index (χ1v) is 7.87. The van der Waals surface area contributed by atoms with Crippen LogP contribution in [0.5, 0.6) is 0 Å². The van der Waals surface area contributed by atoms with Gasteiger partial charge < -0.3 is 21.1 Å². The quantitative estimate of drug-likeness (QED) is 0.578. The molecule has 0 spiro atoms. The van der Waals surface area contributed by atoms with Gasteiger partial charge in [-0.1, -0.05) is 13.8 Å². The highest BCUT2D eigenvalue weighted by atomic mass is 16.5. The predicted molar refractivity (Wildman–Crippen MR) is 85.3 cm³/mol. The van der Waals surface area contributed by atoms with Gasteiger partial charge in [0.2, 0.25) is 11.8 Å². The smallest absolute Gasteiger partial charge is 0.239 e. The Morgan fingerprint density at radius 2 is 1.82 bits per heavy atom. The Bertz CT molecular complexity index is 379. The molecule has 1 rings (SSSR count). The number of ether oxygens (including phenoxy) is 1. The van der Waals surface area contributed by atoms with Gasteiger partial charge >= 0.3 is 0 Å². The second kappa shape index (κ2) is 8.45. The molecule has 1 atom stereocenters. The van der Waals surface area contributed by atoms with Crippen LogP contribution in [-0.4, -0.2) is 67.7 Å². The van der Waals surface area contributed by atoms with Crippen molar-refractivity contribution in [2.45, 2.75) is 39.3 Å². The van der Waals surface area contributed by atoms with E-state index in [0.29, 0.717) is 6.54 Å². The topological polar surface area (TPSA) is 96.7 Å². The molecule has 0 radical (unpaired) electrons. The number of carbonyl (C=O) groups excluding carboxylic acids is 2. The number of nitrogens with one attached hydrogen (secondary N) is 2. The summed E-state index contributed by atoms with van der Waals surface area (Å²) in [5.41, 5.74) is 5.58. The van der Waals surface area contributed by atoms with Crippen molar-refractivity contribution in [1.29, 1.82) is 0 Å². The lowest BCUT2D eigenvalue weighted by Gasteiger charge is -2.40. The van der Waals surface area contributed by atoms with Crippen molar-refractivity contribution in [3.8, 4) is 0 Å². The fourth-order valence-electron chi connectivity index (χ4n) is 2.25. The molecule has 4 N–H and O–H groups in total. The van der Waals surface area contributed by atoms with E-state index in [1.54, 1.807) is 0 Å². The minimum atomic E-state index is -0.586. The lowest BCUT2D eigenvalue weighted by atomic mass is 10.0. The SMILES string of the molecule is CC(C)[C@H](N)C(=O)NCC(=O)NCC(C)(C)N1CCOCC1. The van der Waals surface area contributed by atoms with Crippen LogP contribution in [0.3, 0.4) is 0 Å². The number of nitrogens with zero attached hydrogens (tertiary/aromatic N) is 1. The average Bonchev–Trinajstić information content (AvgIpc) is 2.50. The van der Waals surface area contributed by atoms with Crippen LogP contribution in [0, 0.1) is 5.92 Å². The van der Waals surface area contributed by atoms with E-state index in [2.05, 4.69) is 29.4 Å². The Hall–Kier alpha value is -1.18. The number of nitrogens with two attached hydrogens (primary N) is 1. The third-order valence-corrected chi connectivity index (χ3v) is 4.03. The van der Waals surface area contributed by atoms with Crippen LogP contribution in [0.2, 0.25) is 0 Å². The minimum absolute atomic E-state index is 0.0432. The van der Waals surface area contributed by atoms with Crippen molar-refractivity contribution in [3.05, 3.63) is 0 Å². The van der Waals surface area contributed by atoms with Crippen molar-refractivity contribution in [1.82, 2.24) is 15.5 Å². The number of rotatable bonds is 7. The third-order valence-electron chi connectivity index (χ3n) is 4.03. The first-order chi connectivity index (χ1) is 10.2. The summed E-state index contributed by atoms with van der Waals surface area (Å²) in [7, 11) is 0. The van der Waals surface area contributed by atoms with E-state index in [1.165, 1.54) is 0 Å². The van der Waals surface area contributed by atoms with Crippen LogP contribution in [-0.2, 0) is 14.3 Å². The maximum atomic E-state index is 11.9. The van der Waals surface area contributed by atoms with E-state index in [4.69, 9.17) is 10.5 Å². The van der Waals surface area contributed by atoms with Crippen molar-refractivity contribution in [3.63, 3.8) is 0 Å². The van der Waals surface area contributed by atoms with Gasteiger partial charge in [-0.3, -0.25) is 14.5 Å². The molecule has 128 valence electrons. The summed E-state index contributed by atoms with van der Waals surface area (Å²) in [6.07, 6.45) is 0. The van der Waals surface area contributed by atoms with E-state index < -0.39 is 6.04 Å². The third kappa shape index (κ3) is 5.90. The lowest BCUT2D eigenvalue weighted by Crippen LogP contribution is -2.56. The molecule has 0 bridgehead atoms. The predicted octanol–water partition coefficient (Wildman–Crippen LogP) is -0.687. The van der Waals surface area contributed by atoms with Gasteiger partial charge in [0.05, 0.1) is 25.8 Å². The maximum Gasteiger partial charge on any atom is 0.239 e. The summed E-state index contributed by atoms with van der Waals surface area (Å²) >= 11 is 0. The highest BCUT2D eigenvalue weighted by Gasteiger charge is 2.28. The largest absolute Gasteiger partial charge is 0.379 e. The summed E-state index contributed by atoms with van der Waals surface area (Å²) < 4.78 is 5.34. The summed E-state index contributed by atoms with van der Waals surface area (Å²) in [6, 6.07) is -0.586. The molecule has 0 aliphatic carbocycles. The normalized spacial score (nSPS) is 18.1. The molecule has 1 saturated heterocycles. The summed E-state index contributed by atoms with van der Waals surface area (Å²) in [4.78, 5) is 25.9. The van der Waals surface area contributed by atoms with Gasteiger partial charge in [-0.05, 0) is 19.8 Å². The molecule has 0 aromatic heterocycles. The van der Waals surface area contributed by atoms with Gasteiger partial charge in [-0.15, -0.1) is 0 Å². The van der Waals surface area contributed by atoms with Crippen LogP contribution < -0.4 is 16.4 Å². The van der Waals surface area contributed by atoms with Crippen LogP contribution in [0.4, 0.5) is 0 Å². The summed E-state index contributed by atoms with van der Waals surface area (Å²) in [5.74, 6) is -0.452. The van der Waals surface area contributed by atoms with Crippen molar-refractivity contribution >= 4 is 11.8 Å². The van der Waals surface area contributed by atoms with Crippen LogP contribution in [0.1, 0.15) is 27.7 Å². The van der Waals surface area contributed by atoms with E-state index >= 15 is 0 Å². The molecule has 1 heterocycles.